The van der Waals surface area contributed by atoms with Crippen molar-refractivity contribution in [3.05, 3.63) is 143 Å². The molecule has 0 spiro atoms. The van der Waals surface area contributed by atoms with E-state index in [1.54, 1.807) is 11.1 Å². The number of benzene rings is 5. The van der Waals surface area contributed by atoms with Crippen molar-refractivity contribution in [2.75, 3.05) is 6.61 Å². The fourth-order valence-corrected chi connectivity index (χ4v) is 15.2. The molecule has 2 nitrogen and oxygen atoms in total. The molecule has 52 heavy (non-hydrogen) atoms. The minimum absolute atomic E-state index is 0.0640. The van der Waals surface area contributed by atoms with Crippen LogP contribution in [0.4, 0.5) is 0 Å². The van der Waals surface area contributed by atoms with Crippen LogP contribution in [0, 0.1) is 0 Å². The van der Waals surface area contributed by atoms with Gasteiger partial charge < -0.3 is 9.30 Å². The number of para-hydroxylation sites is 1. The van der Waals surface area contributed by atoms with Gasteiger partial charge in [-0.2, -0.15) is 0 Å². The van der Waals surface area contributed by atoms with Crippen LogP contribution in [0.15, 0.2) is 121 Å². The first-order valence-corrected chi connectivity index (χ1v) is 22.3. The van der Waals surface area contributed by atoms with E-state index in [1.807, 2.05) is 0 Å². The highest BCUT2D eigenvalue weighted by Gasteiger charge is 2.48. The molecule has 6 aromatic rings. The molecule has 0 saturated heterocycles. The Labute approximate surface area is 311 Å². The molecular weight excluding hydrogens is 647 g/mol. The molecule has 0 N–H and O–H groups in total. The van der Waals surface area contributed by atoms with E-state index in [9.17, 15) is 0 Å². The average molecular weight is 700 g/mol. The number of hydrogen-bond acceptors (Lipinski definition) is 1. The van der Waals surface area contributed by atoms with Gasteiger partial charge in [0.1, 0.15) is 0 Å². The minimum atomic E-state index is -2.06. The number of hydrogen-bond donors (Lipinski definition) is 0. The molecule has 0 fully saturated rings. The number of ether oxygens (including phenoxy) is 1. The SMILES string of the molecule is CC1=Cc2c(-c3ccc4c(c3)c3ccccc3n4C)cccc2C1[Si](C)(CCCCCCOC(C)(C)C)C1C=Cc2c(-c3ccccc3)cccc21. The highest BCUT2D eigenvalue weighted by atomic mass is 28.3. The summed E-state index contributed by atoms with van der Waals surface area (Å²) in [5.74, 6) is 0. The Hall–Kier alpha value is -4.44. The first-order valence-electron chi connectivity index (χ1n) is 19.4. The minimum Gasteiger partial charge on any atom is -0.376 e. The van der Waals surface area contributed by atoms with Crippen LogP contribution in [0.2, 0.25) is 12.6 Å². The second kappa shape index (κ2) is 13.8. The lowest BCUT2D eigenvalue weighted by Crippen LogP contribution is -2.44. The van der Waals surface area contributed by atoms with E-state index in [2.05, 4.69) is 173 Å². The molecule has 5 aromatic carbocycles. The highest BCUT2D eigenvalue weighted by molar-refractivity contribution is 6.82. The van der Waals surface area contributed by atoms with Gasteiger partial charge in [0.2, 0.25) is 0 Å². The monoisotopic (exact) mass is 699 g/mol. The summed E-state index contributed by atoms with van der Waals surface area (Å²) in [4.78, 5) is 0. The first kappa shape index (κ1) is 34.6. The van der Waals surface area contributed by atoms with Crippen LogP contribution >= 0.6 is 0 Å². The zero-order valence-corrected chi connectivity index (χ0v) is 32.9. The predicted octanol–water partition coefficient (Wildman–Crippen LogP) is 13.5. The molecule has 0 aliphatic heterocycles. The summed E-state index contributed by atoms with van der Waals surface area (Å²) in [5.41, 5.74) is 16.3. The van der Waals surface area contributed by atoms with Gasteiger partial charge in [-0.3, -0.25) is 0 Å². The lowest BCUT2D eigenvalue weighted by Gasteiger charge is -2.41. The number of rotatable bonds is 11. The van der Waals surface area contributed by atoms with Crippen molar-refractivity contribution in [2.24, 2.45) is 7.05 Å². The van der Waals surface area contributed by atoms with Gasteiger partial charge in [0.15, 0.2) is 0 Å². The fraction of sp³-hybridized carbons (Fsp3) is 0.306. The molecule has 8 rings (SSSR count). The van der Waals surface area contributed by atoms with Gasteiger partial charge in [-0.25, -0.2) is 0 Å². The van der Waals surface area contributed by atoms with E-state index in [4.69, 9.17) is 4.74 Å². The van der Waals surface area contributed by atoms with Crippen LogP contribution in [-0.4, -0.2) is 24.8 Å². The second-order valence-electron chi connectivity index (χ2n) is 16.6. The number of unbranched alkanes of at least 4 members (excludes halogenated alkanes) is 3. The third-order valence-electron chi connectivity index (χ3n) is 12.0. The number of fused-ring (bicyclic) bond motifs is 5. The van der Waals surface area contributed by atoms with Crippen molar-refractivity contribution in [3.8, 4) is 22.3 Å². The summed E-state index contributed by atoms with van der Waals surface area (Å²) in [7, 11) is 0.124. The van der Waals surface area contributed by atoms with Gasteiger partial charge in [-0.15, -0.1) is 0 Å². The molecule has 0 amide bonds. The highest BCUT2D eigenvalue weighted by Crippen LogP contribution is 2.54. The van der Waals surface area contributed by atoms with Gasteiger partial charge >= 0.3 is 0 Å². The topological polar surface area (TPSA) is 14.2 Å². The van der Waals surface area contributed by atoms with Crippen LogP contribution in [-0.2, 0) is 11.8 Å². The normalized spacial score (nSPS) is 17.8. The number of nitrogens with zero attached hydrogens (tertiary/aromatic N) is 1. The van der Waals surface area contributed by atoms with E-state index in [0.29, 0.717) is 11.1 Å². The third kappa shape index (κ3) is 6.22. The van der Waals surface area contributed by atoms with Gasteiger partial charge in [0.05, 0.1) is 13.7 Å². The summed E-state index contributed by atoms with van der Waals surface area (Å²) in [6.07, 6.45) is 12.5. The van der Waals surface area contributed by atoms with Gasteiger partial charge in [-0.05, 0) is 102 Å². The maximum Gasteiger partial charge on any atom is 0.0748 e. The van der Waals surface area contributed by atoms with E-state index < -0.39 is 8.07 Å². The maximum absolute atomic E-state index is 6.06. The summed E-state index contributed by atoms with van der Waals surface area (Å²) >= 11 is 0. The van der Waals surface area contributed by atoms with Gasteiger partial charge in [0, 0.05) is 41.0 Å². The van der Waals surface area contributed by atoms with E-state index in [1.165, 1.54) is 86.1 Å². The summed E-state index contributed by atoms with van der Waals surface area (Å²) in [6.45, 7) is 12.5. The lowest BCUT2D eigenvalue weighted by molar-refractivity contribution is -0.00471. The van der Waals surface area contributed by atoms with Crippen molar-refractivity contribution in [2.45, 2.75) is 82.7 Å². The molecule has 2 aliphatic rings. The molecule has 1 aromatic heterocycles. The lowest BCUT2D eigenvalue weighted by atomic mass is 9.96. The van der Waals surface area contributed by atoms with Crippen LogP contribution in [0.3, 0.4) is 0 Å². The molecule has 0 bridgehead atoms. The predicted molar refractivity (Wildman–Crippen MR) is 227 cm³/mol. The van der Waals surface area contributed by atoms with E-state index in [0.717, 1.165) is 13.0 Å². The Morgan fingerprint density at radius 3 is 2.15 bits per heavy atom. The molecular formula is C49H53NOSi. The molecule has 0 radical (unpaired) electrons. The number of allylic oxidation sites excluding steroid dienone is 2. The Morgan fingerprint density at radius 2 is 1.37 bits per heavy atom. The molecule has 2 aliphatic carbocycles. The zero-order valence-electron chi connectivity index (χ0n) is 31.9. The largest absolute Gasteiger partial charge is 0.376 e. The Kier molecular flexibility index (Phi) is 9.22. The Balaban J connectivity index is 1.16. The summed E-state index contributed by atoms with van der Waals surface area (Å²) in [5, 5.41) is 2.66. The standard InChI is InChI=1S/C49H53NOSi/c1-34-32-43-38(36-26-28-46-44(33-36)40-20-12-13-25-45(40)50(46)5)22-17-24-42(43)48(34)52(6,31-15-8-7-14-30-51-49(2,3)4)47-29-27-39-37(21-16-23-41(39)47)35-18-10-9-11-19-35/h9-13,16-29,32-33,47-48H,7-8,14-15,30-31H2,1-6H3. The fourth-order valence-electron chi connectivity index (χ4n) is 9.61. The smallest absolute Gasteiger partial charge is 0.0748 e. The van der Waals surface area contributed by atoms with E-state index in [-0.39, 0.29) is 5.60 Å². The molecule has 1 heterocycles. The quantitative estimate of drug-likeness (QED) is 0.0970. The first-order chi connectivity index (χ1) is 25.1. The summed E-state index contributed by atoms with van der Waals surface area (Å²) < 4.78 is 8.39. The van der Waals surface area contributed by atoms with Crippen molar-refractivity contribution in [3.63, 3.8) is 0 Å². The molecule has 3 atom stereocenters. The molecule has 3 unspecified atom stereocenters. The van der Waals surface area contributed by atoms with Crippen LogP contribution in [0.5, 0.6) is 0 Å². The van der Waals surface area contributed by atoms with Gasteiger partial charge in [0.25, 0.3) is 0 Å². The third-order valence-corrected chi connectivity index (χ3v) is 17.5. The van der Waals surface area contributed by atoms with Crippen molar-refractivity contribution < 1.29 is 4.74 Å². The van der Waals surface area contributed by atoms with Crippen molar-refractivity contribution in [1.29, 1.82) is 0 Å². The molecule has 264 valence electrons. The van der Waals surface area contributed by atoms with Crippen molar-refractivity contribution in [1.82, 2.24) is 4.57 Å². The molecule has 0 saturated carbocycles. The zero-order chi connectivity index (χ0) is 36.0. The van der Waals surface area contributed by atoms with E-state index >= 15 is 0 Å². The number of aromatic nitrogens is 1. The average Bonchev–Trinajstić information content (AvgIpc) is 3.83. The molecule has 3 heteroatoms. The maximum atomic E-state index is 6.06. The van der Waals surface area contributed by atoms with Crippen LogP contribution in [0.1, 0.15) is 86.7 Å². The summed E-state index contributed by atoms with van der Waals surface area (Å²) in [6, 6.07) is 42.4. The Bertz CT molecular complexity index is 2320. The van der Waals surface area contributed by atoms with Crippen molar-refractivity contribution >= 4 is 42.0 Å². The van der Waals surface area contributed by atoms with Gasteiger partial charge in [-0.1, -0.05) is 147 Å². The Morgan fingerprint density at radius 1 is 0.673 bits per heavy atom. The van der Waals surface area contributed by atoms with Crippen LogP contribution < -0.4 is 0 Å². The second-order valence-corrected chi connectivity index (χ2v) is 21.3. The number of aryl methyl sites for hydroxylation is 1. The van der Waals surface area contributed by atoms with Crippen LogP contribution in [0.25, 0.3) is 56.2 Å².